The molecule has 0 radical (unpaired) electrons. The summed E-state index contributed by atoms with van der Waals surface area (Å²) in [6, 6.07) is 0. The summed E-state index contributed by atoms with van der Waals surface area (Å²) in [5.41, 5.74) is -1.76. The summed E-state index contributed by atoms with van der Waals surface area (Å²) in [6.45, 7) is 3.70. The molecule has 2 aliphatic rings. The minimum absolute atomic E-state index is 0.0171. The Morgan fingerprint density at radius 2 is 1.90 bits per heavy atom. The monoisotopic (exact) mass is 430 g/mol. The number of carbonyl (C=O) groups excluding carboxylic acids is 1. The first-order chi connectivity index (χ1) is 14.2. The second-order valence-corrected chi connectivity index (χ2v) is 6.66. The van der Waals surface area contributed by atoms with Crippen LogP contribution in [0, 0.1) is 11.8 Å². The van der Waals surface area contributed by atoms with Gasteiger partial charge in [-0.2, -0.15) is 13.2 Å². The smallest absolute Gasteiger partial charge is 0.327 e. The maximum atomic E-state index is 13.0. The molecule has 30 heavy (non-hydrogen) atoms. The molecule has 3 heterocycles. The van der Waals surface area contributed by atoms with Crippen molar-refractivity contribution in [3.63, 3.8) is 0 Å². The zero-order valence-corrected chi connectivity index (χ0v) is 16.4. The number of nitrogens with zero attached hydrogens (tertiary/aromatic N) is 4. The van der Waals surface area contributed by atoms with Crippen molar-refractivity contribution in [2.75, 3.05) is 42.7 Å². The quantitative estimate of drug-likeness (QED) is 0.609. The van der Waals surface area contributed by atoms with Crippen molar-refractivity contribution in [3.05, 3.63) is 20.8 Å². The van der Waals surface area contributed by atoms with Crippen LogP contribution in [0.2, 0.25) is 0 Å². The Morgan fingerprint density at radius 3 is 2.50 bits per heavy atom. The molecule has 1 unspecified atom stereocenters. The van der Waals surface area contributed by atoms with Crippen molar-refractivity contribution in [2.24, 2.45) is 7.05 Å². The summed E-state index contributed by atoms with van der Waals surface area (Å²) in [7, 11) is 1.27. The van der Waals surface area contributed by atoms with Crippen LogP contribution in [0.3, 0.4) is 0 Å². The predicted octanol–water partition coefficient (Wildman–Crippen LogP) is -0.677. The molecule has 2 aliphatic heterocycles. The molecule has 0 aliphatic carbocycles. The maximum absolute atomic E-state index is 13.0. The number of aromatic amines is 1. The number of H-pyrrole nitrogens is 1. The van der Waals surface area contributed by atoms with Gasteiger partial charge < -0.3 is 15.1 Å². The number of nitrogens with one attached hydrogen (secondary N) is 2. The molecule has 0 aromatic carbocycles. The molecule has 3 rings (SSSR count). The molecule has 1 atom stereocenters. The summed E-state index contributed by atoms with van der Waals surface area (Å²) in [5, 5.41) is 3.80. The Bertz CT molecular complexity index is 986. The van der Waals surface area contributed by atoms with Crippen molar-refractivity contribution >= 4 is 17.5 Å². The fraction of sp³-hybridized carbons (Fsp3) is 0.588. The molecule has 10 nitrogen and oxygen atoms in total. The number of hydrogen-bond donors (Lipinski definition) is 2. The summed E-state index contributed by atoms with van der Waals surface area (Å²) >= 11 is 0. The van der Waals surface area contributed by atoms with Gasteiger partial charge in [-0.25, -0.2) is 9.59 Å². The van der Waals surface area contributed by atoms with E-state index in [1.165, 1.54) is 11.9 Å². The van der Waals surface area contributed by atoms with Gasteiger partial charge in [-0.1, -0.05) is 12.8 Å². The van der Waals surface area contributed by atoms with E-state index >= 15 is 0 Å². The first kappa shape index (κ1) is 21.7. The van der Waals surface area contributed by atoms with E-state index in [2.05, 4.69) is 22.1 Å². The Hall–Kier alpha value is -2.98. The van der Waals surface area contributed by atoms with Crippen molar-refractivity contribution in [1.29, 1.82) is 0 Å². The lowest BCUT2D eigenvalue weighted by atomic mass is 10.3. The van der Waals surface area contributed by atoms with Crippen LogP contribution >= 0.6 is 0 Å². The average molecular weight is 430 g/mol. The molecule has 0 bridgehead atoms. The highest BCUT2D eigenvalue weighted by atomic mass is 19.4. The van der Waals surface area contributed by atoms with Crippen LogP contribution in [0.4, 0.5) is 24.7 Å². The summed E-state index contributed by atoms with van der Waals surface area (Å²) in [6.07, 6.45) is -5.80. The van der Waals surface area contributed by atoms with Gasteiger partial charge in [0.25, 0.3) is 5.56 Å². The van der Waals surface area contributed by atoms with Gasteiger partial charge in [-0.15, -0.1) is 11.0 Å². The topological polar surface area (TPSA) is 103 Å². The number of piperazine rings is 1. The van der Waals surface area contributed by atoms with Crippen LogP contribution in [0.15, 0.2) is 9.59 Å². The van der Waals surface area contributed by atoms with E-state index in [0.29, 0.717) is 37.7 Å². The second-order valence-electron chi connectivity index (χ2n) is 6.66. The van der Waals surface area contributed by atoms with E-state index in [0.717, 1.165) is 4.57 Å². The zero-order valence-electron chi connectivity index (χ0n) is 16.4. The molecule has 0 spiro atoms. The number of hydrogen-bond acceptors (Lipinski definition) is 8. The zero-order chi connectivity index (χ0) is 22.1. The number of alkyl halides is 3. The second kappa shape index (κ2) is 8.41. The summed E-state index contributed by atoms with van der Waals surface area (Å²) < 4.78 is 39.8. The van der Waals surface area contributed by atoms with Gasteiger partial charge in [0.2, 0.25) is 0 Å². The van der Waals surface area contributed by atoms with E-state index in [-0.39, 0.29) is 18.1 Å². The minimum Gasteiger partial charge on any atom is -0.327 e. The predicted molar refractivity (Wildman–Crippen MR) is 101 cm³/mol. The molecule has 1 aromatic heterocycles. The highest BCUT2D eigenvalue weighted by Gasteiger charge is 2.50. The molecule has 164 valence electrons. The molecule has 2 N–H and O–H groups in total. The number of halogens is 3. The van der Waals surface area contributed by atoms with Crippen LogP contribution in [-0.2, 0) is 16.7 Å². The van der Waals surface area contributed by atoms with Crippen molar-refractivity contribution in [2.45, 2.75) is 25.8 Å². The number of carbonyl (C=O) groups is 1. The maximum Gasteiger partial charge on any atom is 0.493 e. The number of rotatable bonds is 3. The minimum atomic E-state index is -5.26. The number of hydroxylamine groups is 1. The van der Waals surface area contributed by atoms with E-state index in [1.807, 2.05) is 6.92 Å². The van der Waals surface area contributed by atoms with Crippen LogP contribution < -0.4 is 26.5 Å². The SMILES string of the molecule is CCC#CCN1c2c(n(C)c(=O)[nH]c2=O)N(OC(=O)C(F)(F)F)C1N1CCNCC1. The highest BCUT2D eigenvalue weighted by Crippen LogP contribution is 2.38. The molecule has 0 saturated carbocycles. The lowest BCUT2D eigenvalue weighted by Crippen LogP contribution is -2.61. The van der Waals surface area contributed by atoms with E-state index in [4.69, 9.17) is 4.84 Å². The van der Waals surface area contributed by atoms with Gasteiger partial charge >= 0.3 is 17.8 Å². The first-order valence-corrected chi connectivity index (χ1v) is 9.25. The third kappa shape index (κ3) is 4.01. The normalized spacial score (nSPS) is 19.3. The molecule has 1 fully saturated rings. The van der Waals surface area contributed by atoms with E-state index in [9.17, 15) is 27.6 Å². The Labute approximate surface area is 169 Å². The fourth-order valence-electron chi connectivity index (χ4n) is 3.38. The van der Waals surface area contributed by atoms with E-state index in [1.54, 1.807) is 4.90 Å². The number of anilines is 2. The van der Waals surface area contributed by atoms with Gasteiger partial charge in [0.15, 0.2) is 17.8 Å². The largest absolute Gasteiger partial charge is 0.493 e. The molecular formula is C17H21F3N6O4. The van der Waals surface area contributed by atoms with Crippen LogP contribution in [0.5, 0.6) is 0 Å². The van der Waals surface area contributed by atoms with Crippen LogP contribution in [0.25, 0.3) is 0 Å². The Morgan fingerprint density at radius 1 is 1.23 bits per heavy atom. The third-order valence-corrected chi connectivity index (χ3v) is 4.70. The standard InChI is InChI=1S/C17H21F3N6O4/c1-3-4-5-8-25-11-12(27)22-15(29)23(2)13(11)26(30-14(28)17(18,19)20)16(25)24-9-6-21-7-10-24/h16,21H,3,6-10H2,1-2H3,(H,22,27,29). The van der Waals surface area contributed by atoms with Gasteiger partial charge in [0.1, 0.15) is 0 Å². The molecule has 1 aromatic rings. The van der Waals surface area contributed by atoms with E-state index < -0.39 is 29.7 Å². The van der Waals surface area contributed by atoms with Gasteiger partial charge in [-0.05, 0) is 0 Å². The lowest BCUT2D eigenvalue weighted by Gasteiger charge is -2.40. The molecule has 0 amide bonds. The molecule has 1 saturated heterocycles. The van der Waals surface area contributed by atoms with Gasteiger partial charge in [0.05, 0.1) is 6.54 Å². The lowest BCUT2D eigenvalue weighted by molar-refractivity contribution is -0.203. The Kier molecular flexibility index (Phi) is 6.09. The summed E-state index contributed by atoms with van der Waals surface area (Å²) in [5.74, 6) is 3.00. The third-order valence-electron chi connectivity index (χ3n) is 4.70. The molecule has 13 heteroatoms. The molecular weight excluding hydrogens is 409 g/mol. The van der Waals surface area contributed by atoms with Crippen LogP contribution in [0.1, 0.15) is 13.3 Å². The summed E-state index contributed by atoms with van der Waals surface area (Å²) in [4.78, 5) is 46.4. The highest BCUT2D eigenvalue weighted by molar-refractivity contribution is 5.80. The first-order valence-electron chi connectivity index (χ1n) is 9.25. The number of fused-ring (bicyclic) bond motifs is 1. The van der Waals surface area contributed by atoms with Gasteiger partial charge in [-0.3, -0.25) is 19.2 Å². The van der Waals surface area contributed by atoms with Crippen molar-refractivity contribution < 1.29 is 22.8 Å². The number of aromatic nitrogens is 2. The van der Waals surface area contributed by atoms with Crippen molar-refractivity contribution in [3.8, 4) is 11.8 Å². The fourth-order valence-corrected chi connectivity index (χ4v) is 3.38. The average Bonchev–Trinajstić information content (AvgIpc) is 3.01. The van der Waals surface area contributed by atoms with Gasteiger partial charge in [0, 0.05) is 39.6 Å². The van der Waals surface area contributed by atoms with Crippen LogP contribution in [-0.4, -0.2) is 65.6 Å². The van der Waals surface area contributed by atoms with Crippen molar-refractivity contribution in [1.82, 2.24) is 19.8 Å². The Balaban J connectivity index is 2.16.